The summed E-state index contributed by atoms with van der Waals surface area (Å²) in [6.45, 7) is 0.946. The van der Waals surface area contributed by atoms with E-state index in [2.05, 4.69) is 0 Å². The molecule has 0 aromatic carbocycles. The normalized spacial score (nSPS) is 17.1. The van der Waals surface area contributed by atoms with Gasteiger partial charge in [-0.15, -0.1) is 0 Å². The van der Waals surface area contributed by atoms with Crippen molar-refractivity contribution in [1.29, 1.82) is 0 Å². The highest BCUT2D eigenvalue weighted by Gasteiger charge is 2.21. The molecule has 1 saturated heterocycles. The number of carbonyl (C=O) groups excluding carboxylic acids is 2. The van der Waals surface area contributed by atoms with Gasteiger partial charge in [-0.05, 0) is 6.42 Å². The minimum atomic E-state index is -0.454. The second-order valence-corrected chi connectivity index (χ2v) is 2.46. The summed E-state index contributed by atoms with van der Waals surface area (Å²) in [7, 11) is 0. The summed E-state index contributed by atoms with van der Waals surface area (Å²) in [6, 6.07) is 0. The van der Waals surface area contributed by atoms with Crippen molar-refractivity contribution >= 4 is 12.0 Å². The van der Waals surface area contributed by atoms with Gasteiger partial charge in [-0.3, -0.25) is 15.1 Å². The molecule has 0 atom stereocenters. The first-order valence-corrected chi connectivity index (χ1v) is 3.65. The predicted octanol–water partition coefficient (Wildman–Crippen LogP) is -1.18. The maximum Gasteiger partial charge on any atom is 0.410 e. The molecule has 0 aliphatic carbocycles. The van der Waals surface area contributed by atoms with Crippen molar-refractivity contribution in [3.63, 3.8) is 0 Å². The summed E-state index contributed by atoms with van der Waals surface area (Å²) in [5.41, 5.74) is 1.94. The Bertz CT molecular complexity index is 194. The maximum absolute atomic E-state index is 10.9. The molecule has 1 heterocycles. The Morgan fingerprint density at radius 1 is 1.75 bits per heavy atom. The van der Waals surface area contributed by atoms with Gasteiger partial charge in [0.2, 0.25) is 0 Å². The molecule has 6 heteroatoms. The second-order valence-electron chi connectivity index (χ2n) is 2.46. The van der Waals surface area contributed by atoms with Crippen LogP contribution in [0.2, 0.25) is 0 Å². The molecule has 1 rings (SSSR count). The Hall–Kier alpha value is -1.30. The van der Waals surface area contributed by atoms with Crippen molar-refractivity contribution in [2.24, 2.45) is 5.84 Å². The number of hydrogen-bond acceptors (Lipinski definition) is 4. The first-order chi connectivity index (χ1) is 5.74. The van der Waals surface area contributed by atoms with E-state index in [9.17, 15) is 9.59 Å². The van der Waals surface area contributed by atoms with Crippen LogP contribution >= 0.6 is 0 Å². The van der Waals surface area contributed by atoms with Crippen molar-refractivity contribution in [3.05, 3.63) is 0 Å². The zero-order valence-corrected chi connectivity index (χ0v) is 6.58. The average molecular weight is 173 g/mol. The van der Waals surface area contributed by atoms with E-state index in [1.165, 1.54) is 4.90 Å². The Kier molecular flexibility index (Phi) is 2.87. The zero-order valence-electron chi connectivity index (χ0n) is 6.58. The van der Waals surface area contributed by atoms with Gasteiger partial charge in [-0.1, -0.05) is 0 Å². The van der Waals surface area contributed by atoms with Gasteiger partial charge in [0.25, 0.3) is 5.91 Å². The van der Waals surface area contributed by atoms with E-state index in [-0.39, 0.29) is 6.54 Å². The first kappa shape index (κ1) is 8.79. The molecule has 1 aliphatic heterocycles. The monoisotopic (exact) mass is 173 g/mol. The molecule has 12 heavy (non-hydrogen) atoms. The number of cyclic esters (lactones) is 1. The number of amides is 2. The Balaban J connectivity index is 2.39. The smallest absolute Gasteiger partial charge is 0.410 e. The summed E-state index contributed by atoms with van der Waals surface area (Å²) in [5, 5.41) is 0. The molecule has 0 spiro atoms. The van der Waals surface area contributed by atoms with Crippen molar-refractivity contribution in [1.82, 2.24) is 10.3 Å². The third-order valence-corrected chi connectivity index (χ3v) is 1.55. The summed E-state index contributed by atoms with van der Waals surface area (Å²) in [5.74, 6) is 4.46. The van der Waals surface area contributed by atoms with Gasteiger partial charge in [0.15, 0.2) is 0 Å². The number of rotatable bonds is 2. The Labute approximate surface area is 69.6 Å². The lowest BCUT2D eigenvalue weighted by Crippen LogP contribution is -2.45. The third kappa shape index (κ3) is 2.09. The number of ether oxygens (including phenoxy) is 1. The van der Waals surface area contributed by atoms with Crippen molar-refractivity contribution in [2.45, 2.75) is 6.42 Å². The van der Waals surface area contributed by atoms with Crippen LogP contribution < -0.4 is 11.3 Å². The fourth-order valence-electron chi connectivity index (χ4n) is 0.960. The minimum Gasteiger partial charge on any atom is -0.449 e. The van der Waals surface area contributed by atoms with Gasteiger partial charge in [0.05, 0.1) is 6.61 Å². The highest BCUT2D eigenvalue weighted by Crippen LogP contribution is 2.02. The van der Waals surface area contributed by atoms with Crippen LogP contribution in [0.1, 0.15) is 6.42 Å². The number of nitrogens with one attached hydrogen (secondary N) is 1. The summed E-state index contributed by atoms with van der Waals surface area (Å²) < 4.78 is 4.70. The second kappa shape index (κ2) is 3.91. The number of nitrogens with zero attached hydrogens (tertiary/aromatic N) is 1. The largest absolute Gasteiger partial charge is 0.449 e. The lowest BCUT2D eigenvalue weighted by Gasteiger charge is -2.25. The number of carbonyl (C=O) groups is 2. The van der Waals surface area contributed by atoms with Crippen molar-refractivity contribution in [2.75, 3.05) is 19.7 Å². The molecule has 0 aromatic rings. The highest BCUT2D eigenvalue weighted by molar-refractivity contribution is 5.81. The van der Waals surface area contributed by atoms with E-state index in [1.807, 2.05) is 5.43 Å². The Morgan fingerprint density at radius 2 is 2.50 bits per heavy atom. The van der Waals surface area contributed by atoms with E-state index in [1.54, 1.807) is 0 Å². The number of nitrogens with two attached hydrogens (primary N) is 1. The lowest BCUT2D eigenvalue weighted by molar-refractivity contribution is -0.122. The van der Waals surface area contributed by atoms with Crippen LogP contribution in [-0.4, -0.2) is 36.6 Å². The minimum absolute atomic E-state index is 0.0324. The van der Waals surface area contributed by atoms with Gasteiger partial charge in [0.1, 0.15) is 6.54 Å². The molecule has 0 saturated carbocycles. The molecule has 1 aliphatic rings. The SMILES string of the molecule is NNC(=O)CN1CCCOC1=O. The van der Waals surface area contributed by atoms with Crippen molar-refractivity contribution < 1.29 is 14.3 Å². The van der Waals surface area contributed by atoms with Crippen LogP contribution in [0.5, 0.6) is 0 Å². The molecular weight excluding hydrogens is 162 g/mol. The summed E-state index contributed by atoms with van der Waals surface area (Å²) >= 11 is 0. The molecule has 2 amide bonds. The molecule has 3 N–H and O–H groups in total. The van der Waals surface area contributed by atoms with Crippen LogP contribution in [-0.2, 0) is 9.53 Å². The quantitative estimate of drug-likeness (QED) is 0.312. The lowest BCUT2D eigenvalue weighted by atomic mass is 10.3. The van der Waals surface area contributed by atoms with Crippen LogP contribution in [0.3, 0.4) is 0 Å². The zero-order chi connectivity index (χ0) is 8.97. The van der Waals surface area contributed by atoms with E-state index in [0.29, 0.717) is 13.2 Å². The molecule has 0 bridgehead atoms. The van der Waals surface area contributed by atoms with Crippen LogP contribution in [0.4, 0.5) is 4.79 Å². The van der Waals surface area contributed by atoms with Gasteiger partial charge >= 0.3 is 6.09 Å². The average Bonchev–Trinajstić information content (AvgIpc) is 2.09. The molecule has 6 nitrogen and oxygen atoms in total. The van der Waals surface area contributed by atoms with Crippen molar-refractivity contribution in [3.8, 4) is 0 Å². The van der Waals surface area contributed by atoms with Gasteiger partial charge in [0, 0.05) is 6.54 Å². The molecule has 0 radical (unpaired) electrons. The fourth-order valence-corrected chi connectivity index (χ4v) is 0.960. The number of hydrazine groups is 1. The predicted molar refractivity (Wildman–Crippen MR) is 39.9 cm³/mol. The topological polar surface area (TPSA) is 84.7 Å². The molecule has 1 fully saturated rings. The summed E-state index contributed by atoms with van der Waals surface area (Å²) in [6.07, 6.45) is 0.300. The van der Waals surface area contributed by atoms with Crippen LogP contribution in [0, 0.1) is 0 Å². The highest BCUT2D eigenvalue weighted by atomic mass is 16.6. The maximum atomic E-state index is 10.9. The Morgan fingerprint density at radius 3 is 3.08 bits per heavy atom. The standard InChI is InChI=1S/C6H11N3O3/c7-8-5(10)4-9-2-1-3-12-6(9)11/h1-4,7H2,(H,8,10). The van der Waals surface area contributed by atoms with Gasteiger partial charge in [-0.2, -0.15) is 0 Å². The van der Waals surface area contributed by atoms with E-state index in [4.69, 9.17) is 10.6 Å². The fraction of sp³-hybridized carbons (Fsp3) is 0.667. The first-order valence-electron chi connectivity index (χ1n) is 3.65. The van der Waals surface area contributed by atoms with E-state index >= 15 is 0 Å². The molecular formula is C6H11N3O3. The third-order valence-electron chi connectivity index (χ3n) is 1.55. The van der Waals surface area contributed by atoms with Crippen LogP contribution in [0.15, 0.2) is 0 Å². The molecule has 0 aromatic heterocycles. The molecule has 0 unspecified atom stereocenters. The van der Waals surface area contributed by atoms with E-state index in [0.717, 1.165) is 6.42 Å². The number of hydrogen-bond donors (Lipinski definition) is 2. The molecule has 68 valence electrons. The van der Waals surface area contributed by atoms with Gasteiger partial charge in [-0.25, -0.2) is 10.6 Å². The van der Waals surface area contributed by atoms with Gasteiger partial charge < -0.3 is 4.74 Å². The van der Waals surface area contributed by atoms with E-state index < -0.39 is 12.0 Å². The summed E-state index contributed by atoms with van der Waals surface area (Å²) in [4.78, 5) is 23.0. The van der Waals surface area contributed by atoms with Crippen LogP contribution in [0.25, 0.3) is 0 Å².